The summed E-state index contributed by atoms with van der Waals surface area (Å²) in [5, 5.41) is 3.52. The van der Waals surface area contributed by atoms with Gasteiger partial charge in [-0.15, -0.1) is 0 Å². The van der Waals surface area contributed by atoms with Crippen LogP contribution in [0, 0.1) is 0 Å². The van der Waals surface area contributed by atoms with Gasteiger partial charge in [-0.25, -0.2) is 0 Å². The molecule has 0 aliphatic carbocycles. The van der Waals surface area contributed by atoms with Crippen LogP contribution in [0.3, 0.4) is 0 Å². The Hall–Kier alpha value is -2.21. The molecule has 130 valence electrons. The lowest BCUT2D eigenvalue weighted by Gasteiger charge is -2.41. The summed E-state index contributed by atoms with van der Waals surface area (Å²) in [6.07, 6.45) is 0.593. The summed E-state index contributed by atoms with van der Waals surface area (Å²) in [4.78, 5) is 15.1. The summed E-state index contributed by atoms with van der Waals surface area (Å²) in [5.74, 6) is 1.46. The van der Waals surface area contributed by atoms with Crippen molar-refractivity contribution in [3.8, 4) is 11.5 Å². The fraction of sp³-hybridized carbons (Fsp3) is 0.316. The molecule has 2 atom stereocenters. The summed E-state index contributed by atoms with van der Waals surface area (Å²) in [6, 6.07) is 11.6. The number of nitrogens with one attached hydrogen (secondary N) is 1. The van der Waals surface area contributed by atoms with Gasteiger partial charge in [-0.3, -0.25) is 4.79 Å². The molecular formula is C19H19BrN2O3. The summed E-state index contributed by atoms with van der Waals surface area (Å²) in [7, 11) is 0. The number of hydrogen-bond donors (Lipinski definition) is 1. The molecule has 4 rings (SSSR count). The van der Waals surface area contributed by atoms with Gasteiger partial charge in [0.2, 0.25) is 6.79 Å². The molecule has 0 saturated carbocycles. The highest BCUT2D eigenvalue weighted by molar-refractivity contribution is 9.10. The minimum atomic E-state index is -0.277. The van der Waals surface area contributed by atoms with Crippen LogP contribution in [0.4, 0.5) is 5.69 Å². The maximum absolute atomic E-state index is 13.2. The van der Waals surface area contributed by atoms with Crippen molar-refractivity contribution in [2.24, 2.45) is 0 Å². The van der Waals surface area contributed by atoms with Gasteiger partial charge in [0.1, 0.15) is 6.17 Å². The third-order valence-corrected chi connectivity index (χ3v) is 5.50. The smallest absolute Gasteiger partial charge is 0.258 e. The van der Waals surface area contributed by atoms with Crippen molar-refractivity contribution in [2.75, 3.05) is 12.1 Å². The lowest BCUT2D eigenvalue weighted by Crippen LogP contribution is -2.47. The van der Waals surface area contributed by atoms with E-state index >= 15 is 0 Å². The van der Waals surface area contributed by atoms with E-state index in [-0.39, 0.29) is 24.9 Å². The van der Waals surface area contributed by atoms with Gasteiger partial charge in [0.25, 0.3) is 5.91 Å². The summed E-state index contributed by atoms with van der Waals surface area (Å²) in [5.41, 5.74) is 2.50. The summed E-state index contributed by atoms with van der Waals surface area (Å²) >= 11 is 3.63. The molecule has 6 heteroatoms. The summed E-state index contributed by atoms with van der Waals surface area (Å²) < 4.78 is 11.9. The van der Waals surface area contributed by atoms with Crippen molar-refractivity contribution in [2.45, 2.75) is 32.5 Å². The van der Waals surface area contributed by atoms with Gasteiger partial charge in [0.05, 0.1) is 5.56 Å². The number of nitrogens with zero attached hydrogens (tertiary/aromatic N) is 1. The molecule has 1 N–H and O–H groups in total. The number of anilines is 1. The lowest BCUT2D eigenvalue weighted by atomic mass is 10.0. The van der Waals surface area contributed by atoms with Gasteiger partial charge in [0, 0.05) is 21.8 Å². The second kappa shape index (κ2) is 6.26. The Bertz CT molecular complexity index is 839. The van der Waals surface area contributed by atoms with Crippen LogP contribution in [0.2, 0.25) is 0 Å². The van der Waals surface area contributed by atoms with Crippen LogP contribution in [0.1, 0.15) is 42.4 Å². The standard InChI is InChI=1S/C19H19BrN2O3/c1-3-11(2)22-18(21-15-7-5-4-6-12(15)19(22)23)13-8-16-17(9-14(13)20)25-10-24-16/h4-9,11,18,21H,3,10H2,1-2H3/t11-,18+/m1/s1. The van der Waals surface area contributed by atoms with Crippen molar-refractivity contribution >= 4 is 27.5 Å². The van der Waals surface area contributed by atoms with Crippen molar-refractivity contribution in [3.05, 3.63) is 52.0 Å². The minimum absolute atomic E-state index is 0.0401. The van der Waals surface area contributed by atoms with E-state index in [1.54, 1.807) is 0 Å². The molecule has 0 spiro atoms. The van der Waals surface area contributed by atoms with E-state index in [1.165, 1.54) is 0 Å². The first-order chi connectivity index (χ1) is 12.1. The van der Waals surface area contributed by atoms with Crippen molar-refractivity contribution in [3.63, 3.8) is 0 Å². The number of halogens is 1. The Balaban J connectivity index is 1.83. The molecule has 2 aliphatic heterocycles. The molecular weight excluding hydrogens is 384 g/mol. The highest BCUT2D eigenvalue weighted by Gasteiger charge is 2.37. The maximum atomic E-state index is 13.2. The molecule has 0 saturated heterocycles. The Morgan fingerprint density at radius 1 is 1.28 bits per heavy atom. The molecule has 1 amide bonds. The highest BCUT2D eigenvalue weighted by atomic mass is 79.9. The van der Waals surface area contributed by atoms with Crippen LogP contribution < -0.4 is 14.8 Å². The van der Waals surface area contributed by atoms with Gasteiger partial charge >= 0.3 is 0 Å². The monoisotopic (exact) mass is 402 g/mol. The average Bonchev–Trinajstić information content (AvgIpc) is 3.07. The third kappa shape index (κ3) is 2.65. The molecule has 2 heterocycles. The van der Waals surface area contributed by atoms with Crippen LogP contribution in [0.5, 0.6) is 11.5 Å². The molecule has 0 radical (unpaired) electrons. The van der Waals surface area contributed by atoms with E-state index < -0.39 is 0 Å². The molecule has 2 aromatic carbocycles. The Morgan fingerprint density at radius 3 is 2.76 bits per heavy atom. The van der Waals surface area contributed by atoms with E-state index in [9.17, 15) is 4.79 Å². The largest absolute Gasteiger partial charge is 0.454 e. The van der Waals surface area contributed by atoms with Gasteiger partial charge in [-0.1, -0.05) is 35.0 Å². The second-order valence-corrected chi connectivity index (χ2v) is 7.14. The Kier molecular flexibility index (Phi) is 4.07. The minimum Gasteiger partial charge on any atom is -0.454 e. The molecule has 25 heavy (non-hydrogen) atoms. The number of carbonyl (C=O) groups excluding carboxylic acids is 1. The first-order valence-corrected chi connectivity index (χ1v) is 9.16. The average molecular weight is 403 g/mol. The zero-order valence-electron chi connectivity index (χ0n) is 14.1. The molecule has 0 unspecified atom stereocenters. The quantitative estimate of drug-likeness (QED) is 0.818. The fourth-order valence-electron chi connectivity index (χ4n) is 3.29. The number of carbonyl (C=O) groups is 1. The number of rotatable bonds is 3. The number of benzene rings is 2. The van der Waals surface area contributed by atoms with Gasteiger partial charge in [0.15, 0.2) is 11.5 Å². The van der Waals surface area contributed by atoms with Crippen LogP contribution in [-0.4, -0.2) is 23.6 Å². The molecule has 2 aromatic rings. The van der Waals surface area contributed by atoms with Crippen LogP contribution in [-0.2, 0) is 0 Å². The number of fused-ring (bicyclic) bond motifs is 2. The van der Waals surface area contributed by atoms with Gasteiger partial charge in [-0.05, 0) is 37.6 Å². The molecule has 5 nitrogen and oxygen atoms in total. The first kappa shape index (κ1) is 16.3. The first-order valence-electron chi connectivity index (χ1n) is 8.37. The van der Waals surface area contributed by atoms with Crippen LogP contribution in [0.25, 0.3) is 0 Å². The predicted octanol–water partition coefficient (Wildman–Crippen LogP) is 4.54. The molecule has 0 aromatic heterocycles. The highest BCUT2D eigenvalue weighted by Crippen LogP contribution is 2.43. The lowest BCUT2D eigenvalue weighted by molar-refractivity contribution is 0.0592. The SMILES string of the molecule is CC[C@@H](C)N1C(=O)c2ccccc2N[C@@H]1c1cc2c(cc1Br)OCO2. The second-order valence-electron chi connectivity index (χ2n) is 6.29. The normalized spacial score (nSPS) is 19.4. The zero-order chi connectivity index (χ0) is 17.6. The van der Waals surface area contributed by atoms with Crippen molar-refractivity contribution < 1.29 is 14.3 Å². The van der Waals surface area contributed by atoms with Crippen LogP contribution >= 0.6 is 15.9 Å². The number of para-hydroxylation sites is 1. The van der Waals surface area contributed by atoms with E-state index in [4.69, 9.17) is 9.47 Å². The number of amides is 1. The van der Waals surface area contributed by atoms with E-state index in [2.05, 4.69) is 35.1 Å². The van der Waals surface area contributed by atoms with E-state index in [0.29, 0.717) is 17.1 Å². The van der Waals surface area contributed by atoms with E-state index in [1.807, 2.05) is 41.3 Å². The van der Waals surface area contributed by atoms with E-state index in [0.717, 1.165) is 22.1 Å². The van der Waals surface area contributed by atoms with Crippen molar-refractivity contribution in [1.29, 1.82) is 0 Å². The maximum Gasteiger partial charge on any atom is 0.258 e. The zero-order valence-corrected chi connectivity index (χ0v) is 15.7. The fourth-order valence-corrected chi connectivity index (χ4v) is 3.83. The predicted molar refractivity (Wildman–Crippen MR) is 99.0 cm³/mol. The van der Waals surface area contributed by atoms with Gasteiger partial charge in [-0.2, -0.15) is 0 Å². The molecule has 2 aliphatic rings. The Labute approximate surface area is 155 Å². The van der Waals surface area contributed by atoms with Crippen LogP contribution in [0.15, 0.2) is 40.9 Å². The summed E-state index contributed by atoms with van der Waals surface area (Å²) in [6.45, 7) is 4.38. The molecule has 0 bridgehead atoms. The van der Waals surface area contributed by atoms with Gasteiger partial charge < -0.3 is 19.7 Å². The topological polar surface area (TPSA) is 50.8 Å². The number of hydrogen-bond acceptors (Lipinski definition) is 4. The number of ether oxygens (including phenoxy) is 2. The Morgan fingerprint density at radius 2 is 2.00 bits per heavy atom. The molecule has 0 fully saturated rings. The van der Waals surface area contributed by atoms with Crippen molar-refractivity contribution in [1.82, 2.24) is 4.90 Å². The third-order valence-electron chi connectivity index (χ3n) is 4.81.